The number of nitrogens with zero attached hydrogens (tertiary/aromatic N) is 2. The number of aromatic nitrogens is 2. The summed E-state index contributed by atoms with van der Waals surface area (Å²) in [6, 6.07) is 4.89. The number of aliphatic hydroxyl groups excluding tert-OH is 1. The zero-order valence-electron chi connectivity index (χ0n) is 11.8. The van der Waals surface area contributed by atoms with Crippen LogP contribution in [0.15, 0.2) is 22.6 Å². The summed E-state index contributed by atoms with van der Waals surface area (Å²) in [7, 11) is 1.28. The number of carbonyl (C=O) groups excluding carboxylic acids is 1. The van der Waals surface area contributed by atoms with Crippen LogP contribution in [0.3, 0.4) is 0 Å². The topological polar surface area (TPSA) is 77.5 Å². The van der Waals surface area contributed by atoms with Crippen LogP contribution in [0.1, 0.15) is 47.7 Å². The molecule has 0 aromatic carbocycles. The van der Waals surface area contributed by atoms with Crippen molar-refractivity contribution in [2.45, 2.75) is 32.9 Å². The Balaban J connectivity index is 2.30. The van der Waals surface area contributed by atoms with Crippen LogP contribution >= 0.6 is 0 Å². The lowest BCUT2D eigenvalue weighted by molar-refractivity contribution is 0.0557. The van der Waals surface area contributed by atoms with Gasteiger partial charge in [0.05, 0.1) is 18.5 Å². The standard InChI is InChI=1S/C14H18N2O4/c1-4-9-8-10(16(5-2)15-9)13(17)11-6-7-12(20-11)14(18)19-3/h6-8,13,17H,4-5H2,1-3H3. The molecule has 0 aliphatic heterocycles. The highest BCUT2D eigenvalue weighted by molar-refractivity contribution is 5.86. The van der Waals surface area contributed by atoms with Crippen LogP contribution in [0.4, 0.5) is 0 Å². The fourth-order valence-corrected chi connectivity index (χ4v) is 1.99. The van der Waals surface area contributed by atoms with Gasteiger partial charge in [-0.15, -0.1) is 0 Å². The lowest BCUT2D eigenvalue weighted by Gasteiger charge is -2.09. The summed E-state index contributed by atoms with van der Waals surface area (Å²) >= 11 is 0. The molecule has 0 aliphatic carbocycles. The molecule has 0 amide bonds. The van der Waals surface area contributed by atoms with E-state index in [0.29, 0.717) is 18.0 Å². The molecule has 20 heavy (non-hydrogen) atoms. The van der Waals surface area contributed by atoms with E-state index in [1.165, 1.54) is 13.2 Å². The third-order valence-electron chi connectivity index (χ3n) is 3.09. The molecule has 1 unspecified atom stereocenters. The zero-order valence-corrected chi connectivity index (χ0v) is 11.8. The van der Waals surface area contributed by atoms with E-state index in [9.17, 15) is 9.90 Å². The minimum atomic E-state index is -0.957. The molecule has 1 N–H and O–H groups in total. The molecule has 0 aliphatic rings. The Hall–Kier alpha value is -2.08. The van der Waals surface area contributed by atoms with E-state index >= 15 is 0 Å². The number of carbonyl (C=O) groups is 1. The van der Waals surface area contributed by atoms with Crippen molar-refractivity contribution in [3.05, 3.63) is 41.1 Å². The predicted octanol–water partition coefficient (Wildman–Crippen LogP) is 1.93. The number of hydrogen-bond donors (Lipinski definition) is 1. The second-order valence-electron chi connectivity index (χ2n) is 4.33. The predicted molar refractivity (Wildman–Crippen MR) is 71.4 cm³/mol. The van der Waals surface area contributed by atoms with Crippen LogP contribution in [0.5, 0.6) is 0 Å². The summed E-state index contributed by atoms with van der Waals surface area (Å²) in [5.41, 5.74) is 1.55. The van der Waals surface area contributed by atoms with Gasteiger partial charge in [0.1, 0.15) is 5.76 Å². The Bertz CT molecular complexity index is 600. The summed E-state index contributed by atoms with van der Waals surface area (Å²) in [4.78, 5) is 11.3. The quantitative estimate of drug-likeness (QED) is 0.845. The van der Waals surface area contributed by atoms with Crippen molar-refractivity contribution in [3.8, 4) is 0 Å². The van der Waals surface area contributed by atoms with Crippen LogP contribution in [0, 0.1) is 0 Å². The molecule has 0 saturated carbocycles. The normalized spacial score (nSPS) is 12.4. The van der Waals surface area contributed by atoms with E-state index in [0.717, 1.165) is 12.1 Å². The van der Waals surface area contributed by atoms with Gasteiger partial charge in [0.25, 0.3) is 0 Å². The molecule has 0 saturated heterocycles. The Kier molecular flexibility index (Phi) is 4.24. The first-order valence-corrected chi connectivity index (χ1v) is 6.53. The molecule has 6 nitrogen and oxygen atoms in total. The van der Waals surface area contributed by atoms with Gasteiger partial charge < -0.3 is 14.3 Å². The number of ether oxygens (including phenoxy) is 1. The highest BCUT2D eigenvalue weighted by Crippen LogP contribution is 2.25. The molecular weight excluding hydrogens is 260 g/mol. The molecule has 0 radical (unpaired) electrons. The largest absolute Gasteiger partial charge is 0.463 e. The van der Waals surface area contributed by atoms with Crippen molar-refractivity contribution in [2.75, 3.05) is 7.11 Å². The lowest BCUT2D eigenvalue weighted by Crippen LogP contribution is -2.08. The van der Waals surface area contributed by atoms with Crippen LogP contribution < -0.4 is 0 Å². The number of furan rings is 1. The maximum atomic E-state index is 11.3. The summed E-state index contributed by atoms with van der Waals surface area (Å²) in [5.74, 6) is -0.204. The summed E-state index contributed by atoms with van der Waals surface area (Å²) in [5, 5.41) is 14.7. The summed E-state index contributed by atoms with van der Waals surface area (Å²) in [6.07, 6.45) is -0.167. The number of methoxy groups -OCH3 is 1. The van der Waals surface area contributed by atoms with Crippen LogP contribution in [-0.2, 0) is 17.7 Å². The van der Waals surface area contributed by atoms with Crippen molar-refractivity contribution in [1.29, 1.82) is 0 Å². The van der Waals surface area contributed by atoms with Gasteiger partial charge in [0.15, 0.2) is 6.10 Å². The molecule has 6 heteroatoms. The van der Waals surface area contributed by atoms with Gasteiger partial charge in [0.2, 0.25) is 5.76 Å². The van der Waals surface area contributed by atoms with Crippen molar-refractivity contribution < 1.29 is 19.1 Å². The Morgan fingerprint density at radius 2 is 2.25 bits per heavy atom. The van der Waals surface area contributed by atoms with Gasteiger partial charge in [-0.3, -0.25) is 4.68 Å². The third kappa shape index (κ3) is 2.60. The van der Waals surface area contributed by atoms with E-state index < -0.39 is 12.1 Å². The average Bonchev–Trinajstić information content (AvgIpc) is 3.11. The van der Waals surface area contributed by atoms with Gasteiger partial charge in [-0.05, 0) is 31.5 Å². The number of hydrogen-bond acceptors (Lipinski definition) is 5. The van der Waals surface area contributed by atoms with Gasteiger partial charge in [-0.1, -0.05) is 6.92 Å². The van der Waals surface area contributed by atoms with Crippen molar-refractivity contribution >= 4 is 5.97 Å². The first-order chi connectivity index (χ1) is 9.60. The molecule has 0 fully saturated rings. The second kappa shape index (κ2) is 5.92. The molecule has 108 valence electrons. The Labute approximate surface area is 117 Å². The minimum Gasteiger partial charge on any atom is -0.463 e. The van der Waals surface area contributed by atoms with E-state index in [2.05, 4.69) is 9.84 Å². The van der Waals surface area contributed by atoms with Crippen molar-refractivity contribution in [2.24, 2.45) is 0 Å². The monoisotopic (exact) mass is 278 g/mol. The average molecular weight is 278 g/mol. The number of aliphatic hydroxyl groups is 1. The molecule has 1 atom stereocenters. The first kappa shape index (κ1) is 14.3. The summed E-state index contributed by atoms with van der Waals surface area (Å²) < 4.78 is 11.6. The van der Waals surface area contributed by atoms with Gasteiger partial charge in [-0.2, -0.15) is 5.10 Å². The molecule has 2 aromatic rings. The second-order valence-corrected chi connectivity index (χ2v) is 4.33. The van der Waals surface area contributed by atoms with Crippen molar-refractivity contribution in [1.82, 2.24) is 9.78 Å². The fourth-order valence-electron chi connectivity index (χ4n) is 1.99. The lowest BCUT2D eigenvalue weighted by atomic mass is 10.2. The molecule has 2 heterocycles. The highest BCUT2D eigenvalue weighted by Gasteiger charge is 2.22. The van der Waals surface area contributed by atoms with Crippen LogP contribution in [0.25, 0.3) is 0 Å². The van der Waals surface area contributed by atoms with Gasteiger partial charge in [0, 0.05) is 6.54 Å². The van der Waals surface area contributed by atoms with Gasteiger partial charge >= 0.3 is 5.97 Å². The van der Waals surface area contributed by atoms with E-state index in [-0.39, 0.29) is 5.76 Å². The van der Waals surface area contributed by atoms with E-state index in [1.807, 2.05) is 19.9 Å². The molecular formula is C14H18N2O4. The maximum Gasteiger partial charge on any atom is 0.373 e. The molecule has 0 bridgehead atoms. The Morgan fingerprint density at radius 3 is 2.85 bits per heavy atom. The smallest absolute Gasteiger partial charge is 0.373 e. The zero-order chi connectivity index (χ0) is 14.7. The fraction of sp³-hybridized carbons (Fsp3) is 0.429. The number of aryl methyl sites for hydroxylation is 2. The number of esters is 1. The molecule has 2 aromatic heterocycles. The molecule has 0 spiro atoms. The summed E-state index contributed by atoms with van der Waals surface area (Å²) in [6.45, 7) is 4.60. The number of rotatable bonds is 5. The van der Waals surface area contributed by atoms with Crippen LogP contribution in [-0.4, -0.2) is 28.0 Å². The minimum absolute atomic E-state index is 0.0693. The van der Waals surface area contributed by atoms with Gasteiger partial charge in [-0.25, -0.2) is 4.79 Å². The Morgan fingerprint density at radius 1 is 1.50 bits per heavy atom. The van der Waals surface area contributed by atoms with E-state index in [1.54, 1.807) is 10.7 Å². The van der Waals surface area contributed by atoms with E-state index in [4.69, 9.17) is 4.42 Å². The van der Waals surface area contributed by atoms with Crippen LogP contribution in [0.2, 0.25) is 0 Å². The highest BCUT2D eigenvalue weighted by atomic mass is 16.5. The SMILES string of the molecule is CCc1cc(C(O)c2ccc(C(=O)OC)o2)n(CC)n1. The first-order valence-electron chi connectivity index (χ1n) is 6.53. The van der Waals surface area contributed by atoms with Crippen molar-refractivity contribution in [3.63, 3.8) is 0 Å². The third-order valence-corrected chi connectivity index (χ3v) is 3.09. The maximum absolute atomic E-state index is 11.3. The molecule has 2 rings (SSSR count).